The summed E-state index contributed by atoms with van der Waals surface area (Å²) < 4.78 is 18.4. The Balaban J connectivity index is 2.20. The Kier molecular flexibility index (Phi) is 5.34. The molecule has 0 aliphatic rings. The van der Waals surface area contributed by atoms with Crippen LogP contribution in [0.2, 0.25) is 0 Å². The third-order valence-electron chi connectivity index (χ3n) is 3.83. The molecule has 0 radical (unpaired) electrons. The maximum atomic E-state index is 13.0. The first-order valence-corrected chi connectivity index (χ1v) is 7.29. The van der Waals surface area contributed by atoms with Crippen LogP contribution in [0.1, 0.15) is 29.5 Å². The zero-order valence-corrected chi connectivity index (χ0v) is 12.6. The van der Waals surface area contributed by atoms with Gasteiger partial charge in [-0.3, -0.25) is 0 Å². The Morgan fingerprint density at radius 2 is 1.86 bits per heavy atom. The predicted molar refractivity (Wildman–Crippen MR) is 84.3 cm³/mol. The first-order chi connectivity index (χ1) is 10.2. The van der Waals surface area contributed by atoms with Crippen LogP contribution in [0.4, 0.5) is 4.39 Å². The molecule has 21 heavy (non-hydrogen) atoms. The van der Waals surface area contributed by atoms with Crippen LogP contribution in [-0.2, 0) is 12.8 Å². The zero-order valence-electron chi connectivity index (χ0n) is 12.6. The number of benzene rings is 2. The fraction of sp³-hybridized carbons (Fsp3) is 0.333. The molecule has 2 aromatic carbocycles. The molecule has 0 aromatic heterocycles. The number of ether oxygens (including phenoxy) is 1. The Morgan fingerprint density at radius 1 is 1.14 bits per heavy atom. The highest BCUT2D eigenvalue weighted by Crippen LogP contribution is 2.25. The number of methoxy groups -OCH3 is 1. The number of rotatable bonds is 6. The van der Waals surface area contributed by atoms with Crippen LogP contribution in [-0.4, -0.2) is 13.7 Å². The largest absolute Gasteiger partial charge is 0.496 e. The second-order valence-corrected chi connectivity index (χ2v) is 5.19. The van der Waals surface area contributed by atoms with E-state index >= 15 is 0 Å². The van der Waals surface area contributed by atoms with Gasteiger partial charge in [-0.15, -0.1) is 0 Å². The highest BCUT2D eigenvalue weighted by Gasteiger charge is 2.12. The first kappa shape index (κ1) is 15.5. The van der Waals surface area contributed by atoms with Crippen LogP contribution in [0.25, 0.3) is 0 Å². The SMILES string of the molecule is CCc1cc(CC(CN)c2ccc(F)cc2)ccc1OC. The van der Waals surface area contributed by atoms with Crippen molar-refractivity contribution in [1.82, 2.24) is 0 Å². The summed E-state index contributed by atoms with van der Waals surface area (Å²) in [4.78, 5) is 0. The normalized spacial score (nSPS) is 12.2. The van der Waals surface area contributed by atoms with Crippen molar-refractivity contribution in [1.29, 1.82) is 0 Å². The van der Waals surface area contributed by atoms with E-state index in [1.165, 1.54) is 23.3 Å². The van der Waals surface area contributed by atoms with Crippen molar-refractivity contribution in [2.75, 3.05) is 13.7 Å². The lowest BCUT2D eigenvalue weighted by Crippen LogP contribution is -2.15. The molecule has 0 spiro atoms. The van der Waals surface area contributed by atoms with Crippen molar-refractivity contribution in [2.24, 2.45) is 5.73 Å². The summed E-state index contributed by atoms with van der Waals surface area (Å²) in [5, 5.41) is 0. The Hall–Kier alpha value is -1.87. The van der Waals surface area contributed by atoms with Gasteiger partial charge in [0.1, 0.15) is 11.6 Å². The maximum Gasteiger partial charge on any atom is 0.123 e. The molecule has 1 atom stereocenters. The van der Waals surface area contributed by atoms with Crippen molar-refractivity contribution >= 4 is 0 Å². The van der Waals surface area contributed by atoms with E-state index in [4.69, 9.17) is 10.5 Å². The standard InChI is InChI=1S/C18H22FNO/c1-3-14-10-13(4-9-18(14)21-2)11-16(12-20)15-5-7-17(19)8-6-15/h4-10,16H,3,11-12,20H2,1-2H3. The van der Waals surface area contributed by atoms with Crippen molar-refractivity contribution in [3.05, 3.63) is 65.0 Å². The average Bonchev–Trinajstić information content (AvgIpc) is 2.53. The van der Waals surface area contributed by atoms with Crippen molar-refractivity contribution in [3.63, 3.8) is 0 Å². The molecule has 1 unspecified atom stereocenters. The van der Waals surface area contributed by atoms with E-state index in [0.29, 0.717) is 6.54 Å². The molecular weight excluding hydrogens is 265 g/mol. The molecule has 112 valence electrons. The fourth-order valence-electron chi connectivity index (χ4n) is 2.59. The lowest BCUT2D eigenvalue weighted by atomic mass is 9.91. The van der Waals surface area contributed by atoms with E-state index in [2.05, 4.69) is 19.1 Å². The van der Waals surface area contributed by atoms with Gasteiger partial charge >= 0.3 is 0 Å². The summed E-state index contributed by atoms with van der Waals surface area (Å²) in [6.45, 7) is 2.65. The number of hydrogen-bond donors (Lipinski definition) is 1. The second kappa shape index (κ2) is 7.23. The molecule has 0 bridgehead atoms. The van der Waals surface area contributed by atoms with Crippen LogP contribution < -0.4 is 10.5 Å². The number of hydrogen-bond acceptors (Lipinski definition) is 2. The highest BCUT2D eigenvalue weighted by atomic mass is 19.1. The third-order valence-corrected chi connectivity index (χ3v) is 3.83. The smallest absolute Gasteiger partial charge is 0.123 e. The van der Waals surface area contributed by atoms with Crippen molar-refractivity contribution in [2.45, 2.75) is 25.7 Å². The summed E-state index contributed by atoms with van der Waals surface area (Å²) >= 11 is 0. The molecule has 2 rings (SSSR count). The number of aryl methyl sites for hydroxylation is 1. The molecular formula is C18H22FNO. The zero-order chi connectivity index (χ0) is 15.2. The minimum Gasteiger partial charge on any atom is -0.496 e. The highest BCUT2D eigenvalue weighted by molar-refractivity contribution is 5.38. The molecule has 3 heteroatoms. The van der Waals surface area contributed by atoms with Gasteiger partial charge in [-0.2, -0.15) is 0 Å². The van der Waals surface area contributed by atoms with Gasteiger partial charge in [-0.25, -0.2) is 4.39 Å². The van der Waals surface area contributed by atoms with E-state index in [-0.39, 0.29) is 11.7 Å². The molecule has 2 N–H and O–H groups in total. The lowest BCUT2D eigenvalue weighted by Gasteiger charge is -2.17. The van der Waals surface area contributed by atoms with Gasteiger partial charge < -0.3 is 10.5 Å². The minimum atomic E-state index is -0.216. The van der Waals surface area contributed by atoms with Gasteiger partial charge in [0, 0.05) is 5.92 Å². The molecule has 0 aliphatic heterocycles. The Morgan fingerprint density at radius 3 is 2.43 bits per heavy atom. The van der Waals surface area contributed by atoms with Gasteiger partial charge in [0.2, 0.25) is 0 Å². The lowest BCUT2D eigenvalue weighted by molar-refractivity contribution is 0.410. The van der Waals surface area contributed by atoms with Gasteiger partial charge in [0.05, 0.1) is 7.11 Å². The summed E-state index contributed by atoms with van der Waals surface area (Å²) in [6.07, 6.45) is 1.78. The van der Waals surface area contributed by atoms with Gasteiger partial charge in [-0.1, -0.05) is 31.2 Å². The summed E-state index contributed by atoms with van der Waals surface area (Å²) in [7, 11) is 1.69. The monoisotopic (exact) mass is 287 g/mol. The third kappa shape index (κ3) is 3.82. The quantitative estimate of drug-likeness (QED) is 0.879. The van der Waals surface area contributed by atoms with Crippen molar-refractivity contribution < 1.29 is 9.13 Å². The molecule has 2 aromatic rings. The van der Waals surface area contributed by atoms with Crippen LogP contribution >= 0.6 is 0 Å². The summed E-state index contributed by atoms with van der Waals surface area (Å²) in [5.41, 5.74) is 9.40. The second-order valence-electron chi connectivity index (χ2n) is 5.19. The topological polar surface area (TPSA) is 35.2 Å². The van der Waals surface area contributed by atoms with E-state index in [1.54, 1.807) is 7.11 Å². The van der Waals surface area contributed by atoms with Crippen LogP contribution in [0.3, 0.4) is 0 Å². The fourth-order valence-corrected chi connectivity index (χ4v) is 2.59. The molecule has 0 saturated carbocycles. The maximum absolute atomic E-state index is 13.0. The van der Waals surface area contributed by atoms with Crippen molar-refractivity contribution in [3.8, 4) is 5.75 Å². The van der Waals surface area contributed by atoms with Gasteiger partial charge in [-0.05, 0) is 54.3 Å². The van der Waals surface area contributed by atoms with E-state index < -0.39 is 0 Å². The van der Waals surface area contributed by atoms with E-state index in [9.17, 15) is 4.39 Å². The van der Waals surface area contributed by atoms with Gasteiger partial charge in [0.15, 0.2) is 0 Å². The van der Waals surface area contributed by atoms with E-state index in [0.717, 1.165) is 24.2 Å². The number of nitrogens with two attached hydrogens (primary N) is 1. The molecule has 2 nitrogen and oxygen atoms in total. The molecule has 0 heterocycles. The summed E-state index contributed by atoms with van der Waals surface area (Å²) in [6, 6.07) is 12.9. The van der Waals surface area contributed by atoms with Crippen LogP contribution in [0.5, 0.6) is 5.75 Å². The number of halogens is 1. The van der Waals surface area contributed by atoms with Crippen LogP contribution in [0.15, 0.2) is 42.5 Å². The predicted octanol–water partition coefficient (Wildman–Crippen LogP) is 3.68. The molecule has 0 aliphatic carbocycles. The summed E-state index contributed by atoms with van der Waals surface area (Å²) in [5.74, 6) is 0.906. The Bertz CT molecular complexity index is 580. The first-order valence-electron chi connectivity index (χ1n) is 7.29. The minimum absolute atomic E-state index is 0.198. The molecule has 0 saturated heterocycles. The molecule has 0 amide bonds. The Labute approximate surface area is 125 Å². The molecule has 0 fully saturated rings. The average molecular weight is 287 g/mol. The van der Waals surface area contributed by atoms with Crippen LogP contribution in [0, 0.1) is 5.82 Å². The van der Waals surface area contributed by atoms with Gasteiger partial charge in [0.25, 0.3) is 0 Å². The van der Waals surface area contributed by atoms with E-state index in [1.807, 2.05) is 18.2 Å².